The zero-order valence-corrected chi connectivity index (χ0v) is 18.7. The summed E-state index contributed by atoms with van der Waals surface area (Å²) in [5.41, 5.74) is 1.75. The van der Waals surface area contributed by atoms with E-state index in [0.717, 1.165) is 0 Å². The molecule has 8 nitrogen and oxygen atoms in total. The van der Waals surface area contributed by atoms with Crippen LogP contribution in [0.25, 0.3) is 16.6 Å². The van der Waals surface area contributed by atoms with Gasteiger partial charge in [0.2, 0.25) is 0 Å². The number of carbonyl (C=O) groups is 1. The Kier molecular flexibility index (Phi) is 5.99. The van der Waals surface area contributed by atoms with Gasteiger partial charge in [-0.1, -0.05) is 6.07 Å². The van der Waals surface area contributed by atoms with E-state index in [0.29, 0.717) is 50.9 Å². The van der Waals surface area contributed by atoms with Crippen LogP contribution >= 0.6 is 0 Å². The summed E-state index contributed by atoms with van der Waals surface area (Å²) in [5.74, 6) is 1.63. The summed E-state index contributed by atoms with van der Waals surface area (Å²) in [6, 6.07) is 17.2. The molecule has 0 aliphatic carbocycles. The Labute approximate surface area is 190 Å². The molecule has 1 heterocycles. The Morgan fingerprint density at radius 3 is 2.36 bits per heavy atom. The molecule has 4 aromatic rings. The lowest BCUT2D eigenvalue weighted by molar-refractivity contribution is 0.102. The van der Waals surface area contributed by atoms with Crippen LogP contribution in [0, 0.1) is 6.92 Å². The third-order valence-electron chi connectivity index (χ3n) is 5.27. The van der Waals surface area contributed by atoms with Crippen LogP contribution in [0.2, 0.25) is 0 Å². The topological polar surface area (TPSA) is 91.7 Å². The summed E-state index contributed by atoms with van der Waals surface area (Å²) >= 11 is 0. The van der Waals surface area contributed by atoms with Crippen LogP contribution in [-0.4, -0.2) is 36.8 Å². The molecule has 33 heavy (non-hydrogen) atoms. The van der Waals surface area contributed by atoms with E-state index < -0.39 is 0 Å². The number of aryl methyl sites for hydroxylation is 1. The second kappa shape index (κ2) is 9.04. The van der Waals surface area contributed by atoms with E-state index in [-0.39, 0.29) is 11.5 Å². The number of hydrogen-bond acceptors (Lipinski definition) is 6. The van der Waals surface area contributed by atoms with Crippen molar-refractivity contribution >= 4 is 22.5 Å². The first-order valence-electron chi connectivity index (χ1n) is 10.2. The van der Waals surface area contributed by atoms with Crippen LogP contribution in [0.5, 0.6) is 17.2 Å². The molecule has 0 bridgehead atoms. The first-order chi connectivity index (χ1) is 16.0. The van der Waals surface area contributed by atoms with Crippen LogP contribution in [-0.2, 0) is 0 Å². The number of rotatable bonds is 6. The zero-order valence-electron chi connectivity index (χ0n) is 18.7. The summed E-state index contributed by atoms with van der Waals surface area (Å²) in [5, 5.41) is 3.21. The lowest BCUT2D eigenvalue weighted by Crippen LogP contribution is -2.22. The third kappa shape index (κ3) is 4.10. The first-order valence-corrected chi connectivity index (χ1v) is 10.2. The number of amides is 1. The minimum Gasteiger partial charge on any atom is -0.497 e. The van der Waals surface area contributed by atoms with Gasteiger partial charge in [-0.05, 0) is 61.5 Å². The van der Waals surface area contributed by atoms with Gasteiger partial charge in [0.25, 0.3) is 11.5 Å². The zero-order chi connectivity index (χ0) is 23.5. The van der Waals surface area contributed by atoms with Gasteiger partial charge in [0.15, 0.2) is 11.5 Å². The van der Waals surface area contributed by atoms with Gasteiger partial charge in [0.1, 0.15) is 11.6 Å². The highest BCUT2D eigenvalue weighted by atomic mass is 16.5. The van der Waals surface area contributed by atoms with Gasteiger partial charge in [-0.15, -0.1) is 0 Å². The van der Waals surface area contributed by atoms with E-state index in [1.165, 1.54) is 18.8 Å². The van der Waals surface area contributed by atoms with Gasteiger partial charge in [-0.2, -0.15) is 0 Å². The minimum absolute atomic E-state index is 0.238. The van der Waals surface area contributed by atoms with Crippen LogP contribution in [0.15, 0.2) is 65.5 Å². The number of anilines is 1. The Bertz CT molecular complexity index is 1390. The van der Waals surface area contributed by atoms with Crippen molar-refractivity contribution in [1.82, 2.24) is 9.55 Å². The lowest BCUT2D eigenvalue weighted by Gasteiger charge is -2.14. The van der Waals surface area contributed by atoms with Gasteiger partial charge in [-0.3, -0.25) is 14.2 Å². The van der Waals surface area contributed by atoms with Crippen LogP contribution in [0.3, 0.4) is 0 Å². The number of methoxy groups -OCH3 is 3. The minimum atomic E-state index is -0.388. The van der Waals surface area contributed by atoms with Gasteiger partial charge in [0, 0.05) is 5.69 Å². The fraction of sp³-hybridized carbons (Fsp3) is 0.160. The first kappa shape index (κ1) is 21.9. The van der Waals surface area contributed by atoms with Crippen LogP contribution in [0.4, 0.5) is 5.69 Å². The molecule has 8 heteroatoms. The molecule has 3 aromatic carbocycles. The predicted molar refractivity (Wildman–Crippen MR) is 126 cm³/mol. The highest BCUT2D eigenvalue weighted by Crippen LogP contribution is 2.31. The highest BCUT2D eigenvalue weighted by molar-refractivity contribution is 6.07. The molecule has 0 spiro atoms. The number of carbonyl (C=O) groups excluding carboxylic acids is 1. The van der Waals surface area contributed by atoms with Crippen molar-refractivity contribution in [2.75, 3.05) is 26.6 Å². The van der Waals surface area contributed by atoms with Crippen LogP contribution in [0.1, 0.15) is 16.2 Å². The number of ether oxygens (including phenoxy) is 3. The largest absolute Gasteiger partial charge is 0.497 e. The van der Waals surface area contributed by atoms with E-state index in [2.05, 4.69) is 10.3 Å². The molecule has 0 saturated heterocycles. The highest BCUT2D eigenvalue weighted by Gasteiger charge is 2.17. The fourth-order valence-corrected chi connectivity index (χ4v) is 3.67. The maximum absolute atomic E-state index is 13.3. The van der Waals surface area contributed by atoms with Crippen molar-refractivity contribution < 1.29 is 19.0 Å². The molecule has 0 aliphatic heterocycles. The molecule has 0 radical (unpaired) electrons. The van der Waals surface area contributed by atoms with Crippen molar-refractivity contribution in [2.24, 2.45) is 0 Å². The molecule has 0 saturated carbocycles. The maximum atomic E-state index is 13.3. The van der Waals surface area contributed by atoms with Crippen molar-refractivity contribution in [2.45, 2.75) is 6.92 Å². The molecule has 4 rings (SSSR count). The summed E-state index contributed by atoms with van der Waals surface area (Å²) in [4.78, 5) is 30.8. The second-order valence-electron chi connectivity index (χ2n) is 7.22. The van der Waals surface area contributed by atoms with Crippen LogP contribution < -0.4 is 25.1 Å². The molecule has 1 aromatic heterocycles. The molecular formula is C25H23N3O5. The average Bonchev–Trinajstić information content (AvgIpc) is 2.84. The van der Waals surface area contributed by atoms with Gasteiger partial charge in [0.05, 0.1) is 43.5 Å². The Balaban J connectivity index is 1.74. The number of nitrogens with one attached hydrogen (secondary N) is 1. The maximum Gasteiger partial charge on any atom is 0.266 e. The number of aromatic nitrogens is 2. The number of para-hydroxylation sites is 1. The summed E-state index contributed by atoms with van der Waals surface area (Å²) in [7, 11) is 4.56. The van der Waals surface area contributed by atoms with E-state index in [1.54, 1.807) is 74.7 Å². The summed E-state index contributed by atoms with van der Waals surface area (Å²) in [6.45, 7) is 1.77. The van der Waals surface area contributed by atoms with E-state index >= 15 is 0 Å². The molecule has 0 unspecified atom stereocenters. The Morgan fingerprint density at radius 1 is 0.939 bits per heavy atom. The van der Waals surface area contributed by atoms with Crippen molar-refractivity contribution in [3.8, 4) is 22.9 Å². The Hall–Kier alpha value is -4.33. The number of hydrogen-bond donors (Lipinski definition) is 1. The fourth-order valence-electron chi connectivity index (χ4n) is 3.67. The molecule has 168 valence electrons. The predicted octanol–water partition coefficient (Wildman–Crippen LogP) is 3.97. The third-order valence-corrected chi connectivity index (χ3v) is 5.27. The summed E-state index contributed by atoms with van der Waals surface area (Å²) < 4.78 is 17.3. The van der Waals surface area contributed by atoms with Crippen molar-refractivity contribution in [1.29, 1.82) is 0 Å². The average molecular weight is 445 g/mol. The summed E-state index contributed by atoms with van der Waals surface area (Å²) in [6.07, 6.45) is 0. The quantitative estimate of drug-likeness (QED) is 0.483. The Morgan fingerprint density at radius 2 is 1.70 bits per heavy atom. The molecule has 0 atom stereocenters. The van der Waals surface area contributed by atoms with E-state index in [9.17, 15) is 9.59 Å². The van der Waals surface area contributed by atoms with Gasteiger partial charge in [-0.25, -0.2) is 4.98 Å². The lowest BCUT2D eigenvalue weighted by atomic mass is 10.1. The molecule has 1 N–H and O–H groups in total. The van der Waals surface area contributed by atoms with E-state index in [1.807, 2.05) is 0 Å². The van der Waals surface area contributed by atoms with E-state index in [4.69, 9.17) is 14.2 Å². The standard InChI is InChI=1S/C25H23N3O5/c1-15-26-21-13-8-16(27-24(29)19-6-5-7-22(32-3)23(19)33-4)14-20(21)25(30)28(15)17-9-11-18(31-2)12-10-17/h5-14H,1-4H3,(H,27,29). The monoisotopic (exact) mass is 445 g/mol. The molecule has 0 aliphatic rings. The van der Waals surface area contributed by atoms with Gasteiger partial charge >= 0.3 is 0 Å². The number of fused-ring (bicyclic) bond motifs is 1. The van der Waals surface area contributed by atoms with Crippen molar-refractivity contribution in [3.63, 3.8) is 0 Å². The van der Waals surface area contributed by atoms with Crippen molar-refractivity contribution in [3.05, 3.63) is 82.4 Å². The molecule has 0 fully saturated rings. The SMILES string of the molecule is COc1ccc(-n2c(C)nc3ccc(NC(=O)c4cccc(OC)c4OC)cc3c2=O)cc1. The van der Waals surface area contributed by atoms with Gasteiger partial charge < -0.3 is 19.5 Å². The molecule has 1 amide bonds. The number of nitrogens with zero attached hydrogens (tertiary/aromatic N) is 2. The number of benzene rings is 3. The smallest absolute Gasteiger partial charge is 0.266 e. The normalized spacial score (nSPS) is 10.7. The molecular weight excluding hydrogens is 422 g/mol. The second-order valence-corrected chi connectivity index (χ2v) is 7.22.